The third kappa shape index (κ3) is 4.74. The number of hydrogen-bond donors (Lipinski definition) is 0. The van der Waals surface area contributed by atoms with Crippen molar-refractivity contribution in [2.75, 3.05) is 11.6 Å². The molecule has 0 aromatic rings. The topological polar surface area (TPSA) is 63.6 Å². The molecule has 14 heavy (non-hydrogen) atoms. The van der Waals surface area contributed by atoms with E-state index in [-0.39, 0.29) is 11.6 Å². The predicted octanol–water partition coefficient (Wildman–Crippen LogP) is 1.49. The van der Waals surface area contributed by atoms with E-state index in [0.717, 1.165) is 12.8 Å². The number of nitrogens with zero attached hydrogens (tertiary/aromatic N) is 1. The fourth-order valence-corrected chi connectivity index (χ4v) is 2.87. The van der Waals surface area contributed by atoms with Gasteiger partial charge in [-0.3, -0.25) is 0 Å². The maximum Gasteiger partial charge on any atom is 0.236 e. The fraction of sp³-hybridized carbons (Fsp3) is 0.875. The highest BCUT2D eigenvalue weighted by atomic mass is 35.5. The lowest BCUT2D eigenvalue weighted by molar-refractivity contribution is 0.548. The second-order valence-electron chi connectivity index (χ2n) is 2.87. The summed E-state index contributed by atoms with van der Waals surface area (Å²) in [6.45, 7) is 1.94. The Labute approximate surface area is 89.3 Å². The molecule has 0 aliphatic carbocycles. The van der Waals surface area contributed by atoms with E-state index in [9.17, 15) is 13.2 Å². The number of unbranched alkanes of at least 4 members (excludes halogenated alkanes) is 1. The molecule has 0 aliphatic heterocycles. The largest absolute Gasteiger partial charge is 0.236 e. The van der Waals surface area contributed by atoms with Crippen molar-refractivity contribution < 1.29 is 13.2 Å². The molecule has 82 valence electrons. The van der Waals surface area contributed by atoms with Gasteiger partial charge in [-0.15, -0.1) is 11.6 Å². The number of aliphatic imine (C=N–C) groups is 1. The van der Waals surface area contributed by atoms with E-state index in [1.54, 1.807) is 0 Å². The minimum absolute atomic E-state index is 0.0271. The average molecular weight is 240 g/mol. The highest BCUT2D eigenvalue weighted by molar-refractivity contribution is 7.92. The third-order valence-electron chi connectivity index (χ3n) is 1.78. The minimum Gasteiger partial charge on any atom is -0.227 e. The van der Waals surface area contributed by atoms with Crippen LogP contribution in [0, 0.1) is 0 Å². The number of sulfone groups is 1. The van der Waals surface area contributed by atoms with Crippen molar-refractivity contribution in [1.82, 2.24) is 0 Å². The highest BCUT2D eigenvalue weighted by Gasteiger charge is 2.23. The van der Waals surface area contributed by atoms with Gasteiger partial charge in [0.2, 0.25) is 6.08 Å². The first-order valence-corrected chi connectivity index (χ1v) is 6.68. The number of alkyl halides is 1. The van der Waals surface area contributed by atoms with Gasteiger partial charge in [0.15, 0.2) is 15.2 Å². The van der Waals surface area contributed by atoms with E-state index >= 15 is 0 Å². The van der Waals surface area contributed by atoms with Gasteiger partial charge in [-0.2, -0.15) is 4.99 Å². The molecular weight excluding hydrogens is 226 g/mol. The minimum atomic E-state index is -3.37. The Bertz CT molecular complexity index is 296. The lowest BCUT2D eigenvalue weighted by Crippen LogP contribution is -2.23. The normalized spacial score (nSPS) is 13.3. The lowest BCUT2D eigenvalue weighted by atomic mass is 10.2. The zero-order valence-corrected chi connectivity index (χ0v) is 9.64. The maximum absolute atomic E-state index is 11.5. The summed E-state index contributed by atoms with van der Waals surface area (Å²) in [6, 6.07) is 0. The van der Waals surface area contributed by atoms with E-state index in [1.807, 2.05) is 6.92 Å². The van der Waals surface area contributed by atoms with Gasteiger partial charge in [-0.05, 0) is 6.42 Å². The van der Waals surface area contributed by atoms with Crippen molar-refractivity contribution in [3.8, 4) is 0 Å². The zero-order valence-electron chi connectivity index (χ0n) is 8.07. The number of rotatable bonds is 7. The van der Waals surface area contributed by atoms with Gasteiger partial charge >= 0.3 is 0 Å². The summed E-state index contributed by atoms with van der Waals surface area (Å²) in [4.78, 5) is 13.3. The van der Waals surface area contributed by atoms with Crippen LogP contribution in [0.25, 0.3) is 0 Å². The van der Waals surface area contributed by atoms with Crippen LogP contribution < -0.4 is 0 Å². The molecule has 0 aromatic carbocycles. The first kappa shape index (κ1) is 13.6. The van der Waals surface area contributed by atoms with Gasteiger partial charge in [0.25, 0.3) is 0 Å². The van der Waals surface area contributed by atoms with Crippen molar-refractivity contribution in [2.24, 2.45) is 4.99 Å². The van der Waals surface area contributed by atoms with Crippen molar-refractivity contribution in [3.05, 3.63) is 0 Å². The molecule has 0 saturated carbocycles. The van der Waals surface area contributed by atoms with Gasteiger partial charge in [0.05, 0.1) is 5.75 Å². The molecule has 4 nitrogen and oxygen atoms in total. The summed E-state index contributed by atoms with van der Waals surface area (Å²) >= 11 is 5.34. The van der Waals surface area contributed by atoms with Crippen LogP contribution in [0.4, 0.5) is 0 Å². The molecule has 0 rings (SSSR count). The summed E-state index contributed by atoms with van der Waals surface area (Å²) in [5.74, 6) is -0.118. The summed E-state index contributed by atoms with van der Waals surface area (Å²) in [7, 11) is -3.37. The molecule has 1 atom stereocenters. The van der Waals surface area contributed by atoms with Crippen molar-refractivity contribution in [2.45, 2.75) is 31.6 Å². The van der Waals surface area contributed by atoms with E-state index in [1.165, 1.54) is 6.08 Å². The Morgan fingerprint density at radius 2 is 2.14 bits per heavy atom. The van der Waals surface area contributed by atoms with Crippen molar-refractivity contribution >= 4 is 27.5 Å². The predicted molar refractivity (Wildman–Crippen MR) is 55.9 cm³/mol. The summed E-state index contributed by atoms with van der Waals surface area (Å²) in [6.07, 6.45) is 3.24. The van der Waals surface area contributed by atoms with Crippen LogP contribution in [0.3, 0.4) is 0 Å². The van der Waals surface area contributed by atoms with Gasteiger partial charge in [-0.25, -0.2) is 13.2 Å². The molecular formula is C8H14ClNO3S. The molecule has 0 saturated heterocycles. The van der Waals surface area contributed by atoms with Crippen LogP contribution in [0.1, 0.15) is 26.2 Å². The van der Waals surface area contributed by atoms with Crippen LogP contribution in [-0.2, 0) is 14.6 Å². The smallest absolute Gasteiger partial charge is 0.227 e. The molecule has 1 unspecified atom stereocenters. The van der Waals surface area contributed by atoms with Crippen LogP contribution in [-0.4, -0.2) is 31.5 Å². The van der Waals surface area contributed by atoms with Crippen LogP contribution in [0.2, 0.25) is 0 Å². The Kier molecular flexibility index (Phi) is 6.79. The number of halogens is 1. The highest BCUT2D eigenvalue weighted by Crippen LogP contribution is 2.12. The zero-order chi connectivity index (χ0) is 11.0. The van der Waals surface area contributed by atoms with Gasteiger partial charge < -0.3 is 0 Å². The quantitative estimate of drug-likeness (QED) is 0.384. The average Bonchev–Trinajstić information content (AvgIpc) is 2.11. The van der Waals surface area contributed by atoms with Gasteiger partial charge in [0.1, 0.15) is 0 Å². The third-order valence-corrected chi connectivity index (χ3v) is 4.13. The Morgan fingerprint density at radius 1 is 1.50 bits per heavy atom. The Hall–Kier alpha value is -0.380. The number of carbonyl (C=O) groups excluding carboxylic acids is 1. The van der Waals surface area contributed by atoms with E-state index < -0.39 is 15.2 Å². The SMILES string of the molecule is CCCCC(N=C=O)S(=O)(=O)CCCl. The standard InChI is InChI=1S/C8H14ClNO3S/c1-2-3-4-8(10-7-11)14(12,13)6-5-9/h8H,2-6H2,1H3. The Balaban J connectivity index is 4.55. The molecule has 0 fully saturated rings. The van der Waals surface area contributed by atoms with Gasteiger partial charge in [0, 0.05) is 5.88 Å². The van der Waals surface area contributed by atoms with Crippen LogP contribution >= 0.6 is 11.6 Å². The van der Waals surface area contributed by atoms with Crippen molar-refractivity contribution in [3.63, 3.8) is 0 Å². The first-order chi connectivity index (χ1) is 6.58. The molecule has 0 bridgehead atoms. The van der Waals surface area contributed by atoms with Crippen molar-refractivity contribution in [1.29, 1.82) is 0 Å². The molecule has 0 spiro atoms. The monoisotopic (exact) mass is 239 g/mol. The van der Waals surface area contributed by atoms with E-state index in [4.69, 9.17) is 11.6 Å². The molecule has 0 heterocycles. The number of isocyanates is 1. The van der Waals surface area contributed by atoms with E-state index in [0.29, 0.717) is 6.42 Å². The summed E-state index contributed by atoms with van der Waals surface area (Å²) in [5.41, 5.74) is 0. The second kappa shape index (κ2) is 6.98. The summed E-state index contributed by atoms with van der Waals surface area (Å²) in [5, 5.41) is -0.960. The molecule has 0 N–H and O–H groups in total. The second-order valence-corrected chi connectivity index (χ2v) is 5.53. The molecule has 0 radical (unpaired) electrons. The lowest BCUT2D eigenvalue weighted by Gasteiger charge is -2.09. The Morgan fingerprint density at radius 3 is 2.57 bits per heavy atom. The summed E-state index contributed by atoms with van der Waals surface area (Å²) < 4.78 is 22.9. The number of hydrogen-bond acceptors (Lipinski definition) is 4. The van der Waals surface area contributed by atoms with E-state index in [2.05, 4.69) is 4.99 Å². The van der Waals surface area contributed by atoms with Gasteiger partial charge in [-0.1, -0.05) is 19.8 Å². The molecule has 6 heteroatoms. The molecule has 0 aromatic heterocycles. The van der Waals surface area contributed by atoms with Crippen LogP contribution in [0.5, 0.6) is 0 Å². The van der Waals surface area contributed by atoms with Crippen LogP contribution in [0.15, 0.2) is 4.99 Å². The molecule has 0 amide bonds. The molecule has 0 aliphatic rings. The fourth-order valence-electron chi connectivity index (χ4n) is 1.01. The maximum atomic E-state index is 11.5. The first-order valence-electron chi connectivity index (χ1n) is 4.43.